The summed E-state index contributed by atoms with van der Waals surface area (Å²) in [5, 5.41) is 15.0. The normalized spacial score (nSPS) is 12.8. The summed E-state index contributed by atoms with van der Waals surface area (Å²) in [7, 11) is 0. The van der Waals surface area contributed by atoms with Gasteiger partial charge in [-0.2, -0.15) is 0 Å². The second kappa shape index (κ2) is 10.5. The van der Waals surface area contributed by atoms with E-state index in [2.05, 4.69) is 31.4 Å². The van der Waals surface area contributed by atoms with E-state index in [1.54, 1.807) is 0 Å². The summed E-state index contributed by atoms with van der Waals surface area (Å²) >= 11 is 0. The van der Waals surface area contributed by atoms with Gasteiger partial charge in [-0.05, 0) is 31.7 Å². The maximum absolute atomic E-state index is 11.6. The van der Waals surface area contributed by atoms with Gasteiger partial charge in [-0.1, -0.05) is 27.2 Å². The number of carbonyl (C=O) groups excluding carboxylic acids is 1. The average molecular weight is 244 g/mol. The number of aliphatic hydroxyl groups excluding tert-OH is 1. The zero-order valence-electron chi connectivity index (χ0n) is 11.5. The average Bonchev–Trinajstić information content (AvgIpc) is 2.34. The van der Waals surface area contributed by atoms with Gasteiger partial charge in [0.2, 0.25) is 5.91 Å². The number of hydrogen-bond acceptors (Lipinski definition) is 3. The molecule has 102 valence electrons. The summed E-state index contributed by atoms with van der Waals surface area (Å²) < 4.78 is 0. The van der Waals surface area contributed by atoms with Crippen molar-refractivity contribution < 1.29 is 9.90 Å². The topological polar surface area (TPSA) is 61.4 Å². The van der Waals surface area contributed by atoms with Crippen molar-refractivity contribution in [1.82, 2.24) is 10.6 Å². The molecule has 0 fully saturated rings. The van der Waals surface area contributed by atoms with E-state index in [4.69, 9.17) is 5.11 Å². The predicted molar refractivity (Wildman–Crippen MR) is 70.9 cm³/mol. The summed E-state index contributed by atoms with van der Waals surface area (Å²) in [5.41, 5.74) is 0. The fraction of sp³-hybridized carbons (Fsp3) is 0.923. The third-order valence-electron chi connectivity index (χ3n) is 3.18. The SMILES string of the molecule is CCC(CCO)CNCC(=O)NC(CC)CC. The molecule has 4 heteroatoms. The summed E-state index contributed by atoms with van der Waals surface area (Å²) in [4.78, 5) is 11.6. The molecule has 1 atom stereocenters. The first-order valence-electron chi connectivity index (χ1n) is 6.78. The second-order valence-corrected chi connectivity index (χ2v) is 4.50. The van der Waals surface area contributed by atoms with E-state index >= 15 is 0 Å². The molecule has 0 saturated heterocycles. The van der Waals surface area contributed by atoms with Gasteiger partial charge in [0.15, 0.2) is 0 Å². The van der Waals surface area contributed by atoms with Gasteiger partial charge in [-0.15, -0.1) is 0 Å². The van der Waals surface area contributed by atoms with E-state index in [-0.39, 0.29) is 12.5 Å². The minimum atomic E-state index is 0.0672. The van der Waals surface area contributed by atoms with E-state index < -0.39 is 0 Å². The Balaban J connectivity index is 3.69. The lowest BCUT2D eigenvalue weighted by Gasteiger charge is -2.17. The van der Waals surface area contributed by atoms with Crippen LogP contribution in [-0.4, -0.2) is 36.8 Å². The molecular formula is C13H28N2O2. The van der Waals surface area contributed by atoms with Crippen molar-refractivity contribution in [2.45, 2.75) is 52.5 Å². The maximum Gasteiger partial charge on any atom is 0.234 e. The largest absolute Gasteiger partial charge is 0.396 e. The summed E-state index contributed by atoms with van der Waals surface area (Å²) in [5.74, 6) is 0.526. The van der Waals surface area contributed by atoms with Crippen LogP contribution in [0.2, 0.25) is 0 Å². The number of carbonyl (C=O) groups is 1. The quantitative estimate of drug-likeness (QED) is 0.542. The smallest absolute Gasteiger partial charge is 0.234 e. The van der Waals surface area contributed by atoms with Crippen molar-refractivity contribution in [1.29, 1.82) is 0 Å². The fourth-order valence-corrected chi connectivity index (χ4v) is 1.79. The van der Waals surface area contributed by atoms with Gasteiger partial charge < -0.3 is 15.7 Å². The van der Waals surface area contributed by atoms with Gasteiger partial charge in [0.25, 0.3) is 0 Å². The Morgan fingerprint density at radius 1 is 1.18 bits per heavy atom. The highest BCUT2D eigenvalue weighted by molar-refractivity contribution is 5.78. The highest BCUT2D eigenvalue weighted by atomic mass is 16.3. The van der Waals surface area contributed by atoms with Crippen molar-refractivity contribution in [2.24, 2.45) is 5.92 Å². The molecule has 3 N–H and O–H groups in total. The summed E-state index contributed by atoms with van der Waals surface area (Å²) in [6.07, 6.45) is 3.79. The van der Waals surface area contributed by atoms with Crippen LogP contribution < -0.4 is 10.6 Å². The fourth-order valence-electron chi connectivity index (χ4n) is 1.79. The molecular weight excluding hydrogens is 216 g/mol. The first-order chi connectivity index (χ1) is 8.17. The molecule has 0 aliphatic rings. The van der Waals surface area contributed by atoms with Gasteiger partial charge >= 0.3 is 0 Å². The highest BCUT2D eigenvalue weighted by Gasteiger charge is 2.09. The van der Waals surface area contributed by atoms with Crippen molar-refractivity contribution in [3.63, 3.8) is 0 Å². The molecule has 0 saturated carbocycles. The Morgan fingerprint density at radius 2 is 1.82 bits per heavy atom. The van der Waals surface area contributed by atoms with E-state index in [0.29, 0.717) is 18.5 Å². The Morgan fingerprint density at radius 3 is 2.29 bits per heavy atom. The van der Waals surface area contributed by atoms with Gasteiger partial charge in [-0.3, -0.25) is 4.79 Å². The maximum atomic E-state index is 11.6. The third-order valence-corrected chi connectivity index (χ3v) is 3.18. The van der Waals surface area contributed by atoms with Gasteiger partial charge in [0.05, 0.1) is 6.54 Å². The lowest BCUT2D eigenvalue weighted by Crippen LogP contribution is -2.41. The Labute approximate surface area is 105 Å². The molecule has 1 unspecified atom stereocenters. The molecule has 0 aliphatic heterocycles. The Hall–Kier alpha value is -0.610. The highest BCUT2D eigenvalue weighted by Crippen LogP contribution is 2.05. The van der Waals surface area contributed by atoms with Crippen LogP contribution in [0.1, 0.15) is 46.5 Å². The van der Waals surface area contributed by atoms with Crippen LogP contribution in [0.15, 0.2) is 0 Å². The summed E-state index contributed by atoms with van der Waals surface area (Å²) in [6, 6.07) is 0.295. The van der Waals surface area contributed by atoms with Crippen molar-refractivity contribution in [3.8, 4) is 0 Å². The molecule has 0 aromatic heterocycles. The molecule has 0 spiro atoms. The van der Waals surface area contributed by atoms with Crippen molar-refractivity contribution in [3.05, 3.63) is 0 Å². The van der Waals surface area contributed by atoms with Crippen molar-refractivity contribution in [2.75, 3.05) is 19.7 Å². The lowest BCUT2D eigenvalue weighted by atomic mass is 10.0. The molecule has 0 aliphatic carbocycles. The molecule has 0 bridgehead atoms. The van der Waals surface area contributed by atoms with Gasteiger partial charge in [-0.25, -0.2) is 0 Å². The van der Waals surface area contributed by atoms with Crippen LogP contribution in [0.25, 0.3) is 0 Å². The lowest BCUT2D eigenvalue weighted by molar-refractivity contribution is -0.121. The monoisotopic (exact) mass is 244 g/mol. The van der Waals surface area contributed by atoms with E-state index in [1.165, 1.54) is 0 Å². The predicted octanol–water partition coefficient (Wildman–Crippen LogP) is 1.29. The second-order valence-electron chi connectivity index (χ2n) is 4.50. The van der Waals surface area contributed by atoms with Crippen molar-refractivity contribution >= 4 is 5.91 Å². The molecule has 0 rings (SSSR count). The summed E-state index contributed by atoms with van der Waals surface area (Å²) in [6.45, 7) is 7.66. The zero-order chi connectivity index (χ0) is 13.1. The number of aliphatic hydroxyl groups is 1. The Bertz CT molecular complexity index is 194. The Kier molecular flexibility index (Phi) is 10.2. The standard InChI is InChI=1S/C13H28N2O2/c1-4-11(7-8-16)9-14-10-13(17)15-12(5-2)6-3/h11-12,14,16H,4-10H2,1-3H3,(H,15,17). The van der Waals surface area contributed by atoms with E-state index in [9.17, 15) is 4.79 Å². The van der Waals surface area contributed by atoms with E-state index in [1.807, 2.05) is 0 Å². The molecule has 4 nitrogen and oxygen atoms in total. The molecule has 0 aromatic carbocycles. The molecule has 0 heterocycles. The van der Waals surface area contributed by atoms with Crippen LogP contribution in [0.4, 0.5) is 0 Å². The first kappa shape index (κ1) is 16.4. The van der Waals surface area contributed by atoms with Gasteiger partial charge in [0.1, 0.15) is 0 Å². The molecule has 17 heavy (non-hydrogen) atoms. The molecule has 0 radical (unpaired) electrons. The van der Waals surface area contributed by atoms with Gasteiger partial charge in [0, 0.05) is 12.6 Å². The first-order valence-corrected chi connectivity index (χ1v) is 6.78. The third kappa shape index (κ3) is 8.16. The van der Waals surface area contributed by atoms with Crippen LogP contribution >= 0.6 is 0 Å². The van der Waals surface area contributed by atoms with Crippen LogP contribution in [0.3, 0.4) is 0 Å². The number of rotatable bonds is 10. The number of hydrogen-bond donors (Lipinski definition) is 3. The van der Waals surface area contributed by atoms with Crippen LogP contribution in [-0.2, 0) is 4.79 Å². The van der Waals surface area contributed by atoms with E-state index in [0.717, 1.165) is 32.2 Å². The molecule has 0 aromatic rings. The molecule has 1 amide bonds. The minimum Gasteiger partial charge on any atom is -0.396 e. The zero-order valence-corrected chi connectivity index (χ0v) is 11.5. The minimum absolute atomic E-state index is 0.0672. The number of amides is 1. The van der Waals surface area contributed by atoms with Crippen LogP contribution in [0.5, 0.6) is 0 Å². The van der Waals surface area contributed by atoms with Crippen LogP contribution in [0, 0.1) is 5.92 Å². The number of nitrogens with one attached hydrogen (secondary N) is 2.